The van der Waals surface area contributed by atoms with E-state index in [2.05, 4.69) is 22.7 Å². The van der Waals surface area contributed by atoms with E-state index in [0.29, 0.717) is 11.6 Å². The molecule has 0 unspecified atom stereocenters. The summed E-state index contributed by atoms with van der Waals surface area (Å²) in [5.74, 6) is 0.176. The molecule has 0 aromatic heterocycles. The molecule has 1 N–H and O–H groups in total. The largest absolute Gasteiger partial charge is 0.271 e. The van der Waals surface area contributed by atoms with E-state index in [1.165, 1.54) is 61.9 Å². The first kappa shape index (κ1) is 18.8. The van der Waals surface area contributed by atoms with E-state index in [1.54, 1.807) is 0 Å². The summed E-state index contributed by atoms with van der Waals surface area (Å²) in [5.41, 5.74) is 5.54. The Morgan fingerprint density at radius 1 is 1.07 bits per heavy atom. The minimum absolute atomic E-state index is 0.123. The summed E-state index contributed by atoms with van der Waals surface area (Å²) in [7, 11) is 0. The second-order valence-electron chi connectivity index (χ2n) is 6.90. The summed E-state index contributed by atoms with van der Waals surface area (Å²) < 4.78 is 0. The zero-order chi connectivity index (χ0) is 19.2. The highest BCUT2D eigenvalue weighted by atomic mass is 16.6. The lowest BCUT2D eigenvalue weighted by molar-refractivity contribution is -0.384. The van der Waals surface area contributed by atoms with E-state index in [-0.39, 0.29) is 11.3 Å². The van der Waals surface area contributed by atoms with Crippen LogP contribution in [-0.4, -0.2) is 16.5 Å². The van der Waals surface area contributed by atoms with Crippen molar-refractivity contribution in [2.75, 3.05) is 0 Å². The molecule has 3 rings (SSSR count). The van der Waals surface area contributed by atoms with Crippen molar-refractivity contribution in [3.63, 3.8) is 0 Å². The standard InChI is InChI=1S/C21H23N3O3/c1-15(16-10-12-18(13-11-16)17-6-3-2-4-7-17)22-23-21(25)19-8-5-9-20(14-19)24(26)27/h5,8-14,17H,2-4,6-7H2,1H3,(H,23,25). The number of carbonyl (C=O) groups excluding carboxylic acids is 1. The smallest absolute Gasteiger partial charge is 0.267 e. The normalized spacial score (nSPS) is 15.4. The summed E-state index contributed by atoms with van der Waals surface area (Å²) in [4.78, 5) is 22.5. The lowest BCUT2D eigenvalue weighted by atomic mass is 9.84. The van der Waals surface area contributed by atoms with Crippen molar-refractivity contribution in [2.45, 2.75) is 44.9 Å². The van der Waals surface area contributed by atoms with Crippen LogP contribution in [0.4, 0.5) is 5.69 Å². The number of nitrogens with one attached hydrogen (secondary N) is 1. The summed E-state index contributed by atoms with van der Waals surface area (Å²) in [6.07, 6.45) is 6.45. The van der Waals surface area contributed by atoms with Gasteiger partial charge in [-0.25, -0.2) is 5.43 Å². The molecule has 1 aliphatic carbocycles. The molecular formula is C21H23N3O3. The van der Waals surface area contributed by atoms with Crippen LogP contribution >= 0.6 is 0 Å². The van der Waals surface area contributed by atoms with Gasteiger partial charge in [0.15, 0.2) is 0 Å². The van der Waals surface area contributed by atoms with E-state index >= 15 is 0 Å². The molecule has 1 fully saturated rings. The van der Waals surface area contributed by atoms with Gasteiger partial charge >= 0.3 is 0 Å². The third-order valence-electron chi connectivity index (χ3n) is 5.05. The number of hydrazone groups is 1. The molecular weight excluding hydrogens is 342 g/mol. The molecule has 0 bridgehead atoms. The quantitative estimate of drug-likeness (QED) is 0.469. The van der Waals surface area contributed by atoms with Gasteiger partial charge in [0.05, 0.1) is 10.6 Å². The van der Waals surface area contributed by atoms with Crippen LogP contribution in [-0.2, 0) is 0 Å². The lowest BCUT2D eigenvalue weighted by Gasteiger charge is -2.22. The molecule has 0 spiro atoms. The first-order chi connectivity index (χ1) is 13.0. The number of hydrogen-bond donors (Lipinski definition) is 1. The Morgan fingerprint density at radius 2 is 1.78 bits per heavy atom. The molecule has 0 saturated heterocycles. The van der Waals surface area contributed by atoms with Gasteiger partial charge in [0.25, 0.3) is 11.6 Å². The molecule has 6 nitrogen and oxygen atoms in total. The molecule has 1 aliphatic rings. The predicted molar refractivity (Wildman–Crippen MR) is 105 cm³/mol. The van der Waals surface area contributed by atoms with Gasteiger partial charge in [-0.3, -0.25) is 14.9 Å². The molecule has 27 heavy (non-hydrogen) atoms. The number of nitrogens with zero attached hydrogens (tertiary/aromatic N) is 2. The third-order valence-corrected chi connectivity index (χ3v) is 5.05. The van der Waals surface area contributed by atoms with E-state index in [1.807, 2.05) is 19.1 Å². The van der Waals surface area contributed by atoms with E-state index in [9.17, 15) is 14.9 Å². The van der Waals surface area contributed by atoms with Gasteiger partial charge in [0, 0.05) is 17.7 Å². The number of carbonyl (C=O) groups is 1. The van der Waals surface area contributed by atoms with Gasteiger partial charge in [0.2, 0.25) is 0 Å². The summed E-state index contributed by atoms with van der Waals surface area (Å²) >= 11 is 0. The molecule has 1 saturated carbocycles. The maximum Gasteiger partial charge on any atom is 0.271 e. The molecule has 0 aliphatic heterocycles. The van der Waals surface area contributed by atoms with Crippen LogP contribution in [0.5, 0.6) is 0 Å². The van der Waals surface area contributed by atoms with Crippen LogP contribution in [0.2, 0.25) is 0 Å². The highest BCUT2D eigenvalue weighted by molar-refractivity contribution is 6.01. The summed E-state index contributed by atoms with van der Waals surface area (Å²) in [6, 6.07) is 13.9. The number of rotatable bonds is 5. The van der Waals surface area contributed by atoms with E-state index in [4.69, 9.17) is 0 Å². The van der Waals surface area contributed by atoms with Crippen LogP contribution in [0.15, 0.2) is 53.6 Å². The van der Waals surface area contributed by atoms with Crippen molar-refractivity contribution in [1.82, 2.24) is 5.43 Å². The monoisotopic (exact) mass is 365 g/mol. The predicted octanol–water partition coefficient (Wildman–Crippen LogP) is 4.80. The Labute approximate surface area is 158 Å². The number of nitro benzene ring substituents is 1. The molecule has 140 valence electrons. The van der Waals surface area contributed by atoms with Crippen LogP contribution in [0.1, 0.15) is 66.4 Å². The van der Waals surface area contributed by atoms with Gasteiger partial charge in [-0.1, -0.05) is 49.6 Å². The molecule has 0 heterocycles. The van der Waals surface area contributed by atoms with Crippen molar-refractivity contribution in [3.8, 4) is 0 Å². The second kappa shape index (κ2) is 8.58. The number of amides is 1. The fourth-order valence-corrected chi connectivity index (χ4v) is 3.46. The summed E-state index contributed by atoms with van der Waals surface area (Å²) in [5, 5.41) is 14.9. The molecule has 2 aromatic carbocycles. The minimum atomic E-state index is -0.529. The first-order valence-electron chi connectivity index (χ1n) is 9.24. The van der Waals surface area contributed by atoms with Gasteiger partial charge in [-0.15, -0.1) is 0 Å². The van der Waals surface area contributed by atoms with E-state index in [0.717, 1.165) is 5.56 Å². The molecule has 0 atom stereocenters. The molecule has 1 amide bonds. The highest BCUT2D eigenvalue weighted by Gasteiger charge is 2.15. The zero-order valence-corrected chi connectivity index (χ0v) is 15.4. The Balaban J connectivity index is 1.65. The lowest BCUT2D eigenvalue weighted by Crippen LogP contribution is -2.19. The molecule has 2 aromatic rings. The van der Waals surface area contributed by atoms with Crippen molar-refractivity contribution in [1.29, 1.82) is 0 Å². The Bertz CT molecular complexity index is 853. The number of non-ortho nitro benzene ring substituents is 1. The molecule has 0 radical (unpaired) electrons. The Morgan fingerprint density at radius 3 is 2.44 bits per heavy atom. The fourth-order valence-electron chi connectivity index (χ4n) is 3.46. The van der Waals surface area contributed by atoms with Gasteiger partial charge in [-0.2, -0.15) is 5.10 Å². The van der Waals surface area contributed by atoms with Crippen LogP contribution < -0.4 is 5.43 Å². The van der Waals surface area contributed by atoms with Gasteiger partial charge in [0.1, 0.15) is 0 Å². The van der Waals surface area contributed by atoms with Crippen molar-refractivity contribution in [3.05, 3.63) is 75.3 Å². The zero-order valence-electron chi connectivity index (χ0n) is 15.4. The summed E-state index contributed by atoms with van der Waals surface area (Å²) in [6.45, 7) is 1.82. The number of hydrogen-bond acceptors (Lipinski definition) is 4. The van der Waals surface area contributed by atoms with Crippen LogP contribution in [0.25, 0.3) is 0 Å². The van der Waals surface area contributed by atoms with Crippen molar-refractivity contribution in [2.24, 2.45) is 5.10 Å². The van der Waals surface area contributed by atoms with Gasteiger partial charge < -0.3 is 0 Å². The van der Waals surface area contributed by atoms with Crippen molar-refractivity contribution >= 4 is 17.3 Å². The maximum atomic E-state index is 12.2. The fraction of sp³-hybridized carbons (Fsp3) is 0.333. The SMILES string of the molecule is CC(=NNC(=O)c1cccc([N+](=O)[O-])c1)c1ccc(C2CCCCC2)cc1. The maximum absolute atomic E-state index is 12.2. The first-order valence-corrected chi connectivity index (χ1v) is 9.24. The van der Waals surface area contributed by atoms with Crippen molar-refractivity contribution < 1.29 is 9.72 Å². The number of nitro groups is 1. The average molecular weight is 365 g/mol. The minimum Gasteiger partial charge on any atom is -0.267 e. The number of benzene rings is 2. The topological polar surface area (TPSA) is 84.6 Å². The Hall–Kier alpha value is -3.02. The second-order valence-corrected chi connectivity index (χ2v) is 6.90. The van der Waals surface area contributed by atoms with Crippen LogP contribution in [0.3, 0.4) is 0 Å². The van der Waals surface area contributed by atoms with Gasteiger partial charge in [-0.05, 0) is 42.9 Å². The molecule has 6 heteroatoms. The highest BCUT2D eigenvalue weighted by Crippen LogP contribution is 2.32. The van der Waals surface area contributed by atoms with Crippen LogP contribution in [0, 0.1) is 10.1 Å². The van der Waals surface area contributed by atoms with E-state index < -0.39 is 10.8 Å². The third kappa shape index (κ3) is 4.78. The Kier molecular flexibility index (Phi) is 5.96. The average Bonchev–Trinajstić information content (AvgIpc) is 2.72.